The highest BCUT2D eigenvalue weighted by Gasteiger charge is 2.15. The molecule has 1 N–H and O–H groups in total. The molecule has 0 saturated carbocycles. The molecule has 0 radical (unpaired) electrons. The molecular weight excluding hydrogens is 271 g/mol. The van der Waals surface area contributed by atoms with E-state index in [-0.39, 0.29) is 5.82 Å². The average molecular weight is 290 g/mol. The van der Waals surface area contributed by atoms with E-state index in [9.17, 15) is 4.39 Å². The average Bonchev–Trinajstić information content (AvgIpc) is 2.47. The Bertz CT molecular complexity index is 616. The molecule has 2 aromatic rings. The fourth-order valence-electron chi connectivity index (χ4n) is 1.77. The van der Waals surface area contributed by atoms with Gasteiger partial charge in [-0.1, -0.05) is 12.1 Å². The molecule has 0 amide bonds. The SMILES string of the molecule is CCNc1nc(N(C)C)nc(N(C)c2ccccc2F)n1. The number of anilines is 4. The van der Waals surface area contributed by atoms with Crippen LogP contribution in [-0.4, -0.2) is 42.6 Å². The van der Waals surface area contributed by atoms with Crippen molar-refractivity contribution in [1.29, 1.82) is 0 Å². The summed E-state index contributed by atoms with van der Waals surface area (Å²) >= 11 is 0. The number of nitrogens with one attached hydrogen (secondary N) is 1. The van der Waals surface area contributed by atoms with Crippen molar-refractivity contribution in [3.63, 3.8) is 0 Å². The van der Waals surface area contributed by atoms with Crippen LogP contribution in [0.4, 0.5) is 27.9 Å². The van der Waals surface area contributed by atoms with E-state index in [2.05, 4.69) is 20.3 Å². The minimum atomic E-state index is -0.322. The molecule has 1 aromatic heterocycles. The molecule has 2 rings (SSSR count). The minimum Gasteiger partial charge on any atom is -0.354 e. The Labute approximate surface area is 123 Å². The molecule has 1 heterocycles. The number of aromatic nitrogens is 3. The zero-order valence-corrected chi connectivity index (χ0v) is 12.6. The molecule has 0 aliphatic heterocycles. The van der Waals surface area contributed by atoms with E-state index in [0.29, 0.717) is 30.1 Å². The van der Waals surface area contributed by atoms with Gasteiger partial charge in [-0.2, -0.15) is 15.0 Å². The summed E-state index contributed by atoms with van der Waals surface area (Å²) in [6.07, 6.45) is 0. The van der Waals surface area contributed by atoms with Crippen LogP contribution < -0.4 is 15.1 Å². The van der Waals surface area contributed by atoms with Gasteiger partial charge in [0.05, 0.1) is 5.69 Å². The third-order valence-electron chi connectivity index (χ3n) is 2.86. The second kappa shape index (κ2) is 6.34. The van der Waals surface area contributed by atoms with Crippen molar-refractivity contribution in [3.05, 3.63) is 30.1 Å². The molecule has 0 aliphatic rings. The van der Waals surface area contributed by atoms with E-state index < -0.39 is 0 Å². The van der Waals surface area contributed by atoms with Crippen LogP contribution in [-0.2, 0) is 0 Å². The lowest BCUT2D eigenvalue weighted by Gasteiger charge is -2.20. The fourth-order valence-corrected chi connectivity index (χ4v) is 1.77. The third-order valence-corrected chi connectivity index (χ3v) is 2.86. The lowest BCUT2D eigenvalue weighted by Crippen LogP contribution is -2.20. The van der Waals surface area contributed by atoms with Crippen LogP contribution in [0.2, 0.25) is 0 Å². The first-order valence-corrected chi connectivity index (χ1v) is 6.68. The summed E-state index contributed by atoms with van der Waals surface area (Å²) < 4.78 is 13.9. The van der Waals surface area contributed by atoms with Gasteiger partial charge in [0.1, 0.15) is 5.82 Å². The molecule has 1 aromatic carbocycles. The Balaban J connectivity index is 2.44. The molecular formula is C14H19FN6. The van der Waals surface area contributed by atoms with Gasteiger partial charge in [0.2, 0.25) is 17.8 Å². The highest BCUT2D eigenvalue weighted by atomic mass is 19.1. The summed E-state index contributed by atoms with van der Waals surface area (Å²) in [5.41, 5.74) is 0.413. The second-order valence-corrected chi connectivity index (χ2v) is 4.69. The molecule has 21 heavy (non-hydrogen) atoms. The minimum absolute atomic E-state index is 0.322. The molecule has 112 valence electrons. The van der Waals surface area contributed by atoms with Crippen molar-refractivity contribution < 1.29 is 4.39 Å². The first kappa shape index (κ1) is 15.0. The number of nitrogens with zero attached hydrogens (tertiary/aromatic N) is 5. The van der Waals surface area contributed by atoms with Crippen molar-refractivity contribution >= 4 is 23.5 Å². The summed E-state index contributed by atoms with van der Waals surface area (Å²) in [4.78, 5) is 16.4. The quantitative estimate of drug-likeness (QED) is 0.911. The van der Waals surface area contributed by atoms with E-state index in [1.54, 1.807) is 35.0 Å². The van der Waals surface area contributed by atoms with Crippen molar-refractivity contribution in [2.75, 3.05) is 42.8 Å². The number of hydrogen-bond acceptors (Lipinski definition) is 6. The Morgan fingerprint density at radius 1 is 1.05 bits per heavy atom. The lowest BCUT2D eigenvalue weighted by atomic mass is 10.3. The van der Waals surface area contributed by atoms with Gasteiger partial charge in [-0.3, -0.25) is 0 Å². The summed E-state index contributed by atoms with van der Waals surface area (Å²) in [6.45, 7) is 2.65. The fraction of sp³-hybridized carbons (Fsp3) is 0.357. The summed E-state index contributed by atoms with van der Waals surface area (Å²) in [5, 5.41) is 3.05. The Hall–Kier alpha value is -2.44. The normalized spacial score (nSPS) is 10.3. The monoisotopic (exact) mass is 290 g/mol. The maximum Gasteiger partial charge on any atom is 0.236 e. The van der Waals surface area contributed by atoms with Crippen LogP contribution in [0.25, 0.3) is 0 Å². The Morgan fingerprint density at radius 2 is 1.71 bits per heavy atom. The predicted octanol–water partition coefficient (Wildman–Crippen LogP) is 2.28. The third kappa shape index (κ3) is 3.36. The van der Waals surface area contributed by atoms with Crippen LogP contribution in [0.5, 0.6) is 0 Å². The highest BCUT2D eigenvalue weighted by molar-refractivity contribution is 5.59. The highest BCUT2D eigenvalue weighted by Crippen LogP contribution is 2.24. The summed E-state index contributed by atoms with van der Waals surface area (Å²) in [7, 11) is 5.42. The number of halogens is 1. The smallest absolute Gasteiger partial charge is 0.236 e. The van der Waals surface area contributed by atoms with Crippen LogP contribution in [0, 0.1) is 5.82 Å². The predicted molar refractivity (Wildman–Crippen MR) is 82.8 cm³/mol. The van der Waals surface area contributed by atoms with Crippen LogP contribution in [0.15, 0.2) is 24.3 Å². The van der Waals surface area contributed by atoms with Gasteiger partial charge >= 0.3 is 0 Å². The molecule has 6 nitrogen and oxygen atoms in total. The molecule has 0 atom stereocenters. The van der Waals surface area contributed by atoms with Crippen LogP contribution in [0.3, 0.4) is 0 Å². The molecule has 0 bridgehead atoms. The Kier molecular flexibility index (Phi) is 4.52. The first-order chi connectivity index (χ1) is 10.0. The largest absolute Gasteiger partial charge is 0.354 e. The maximum atomic E-state index is 13.9. The standard InChI is InChI=1S/C14H19FN6/c1-5-16-12-17-13(20(2)3)19-14(18-12)21(4)11-9-7-6-8-10(11)15/h6-9H,5H2,1-4H3,(H,16,17,18,19). The molecule has 0 saturated heterocycles. The molecule has 7 heteroatoms. The number of rotatable bonds is 5. The molecule has 0 unspecified atom stereocenters. The Morgan fingerprint density at radius 3 is 2.33 bits per heavy atom. The van der Waals surface area contributed by atoms with Crippen molar-refractivity contribution in [3.8, 4) is 0 Å². The van der Waals surface area contributed by atoms with Gasteiger partial charge in [0.25, 0.3) is 0 Å². The first-order valence-electron chi connectivity index (χ1n) is 6.68. The lowest BCUT2D eigenvalue weighted by molar-refractivity contribution is 0.626. The zero-order valence-electron chi connectivity index (χ0n) is 12.6. The van der Waals surface area contributed by atoms with E-state index >= 15 is 0 Å². The van der Waals surface area contributed by atoms with Crippen molar-refractivity contribution in [2.24, 2.45) is 0 Å². The summed E-state index contributed by atoms with van der Waals surface area (Å²) in [6, 6.07) is 6.51. The van der Waals surface area contributed by atoms with Crippen LogP contribution >= 0.6 is 0 Å². The van der Waals surface area contributed by atoms with E-state index in [1.807, 2.05) is 21.0 Å². The number of benzene rings is 1. The topological polar surface area (TPSA) is 57.2 Å². The molecule has 0 fully saturated rings. The van der Waals surface area contributed by atoms with Gasteiger partial charge in [-0.15, -0.1) is 0 Å². The maximum absolute atomic E-state index is 13.9. The van der Waals surface area contributed by atoms with Gasteiger partial charge in [-0.05, 0) is 19.1 Å². The molecule has 0 spiro atoms. The van der Waals surface area contributed by atoms with E-state index in [4.69, 9.17) is 0 Å². The van der Waals surface area contributed by atoms with E-state index in [0.717, 1.165) is 0 Å². The van der Waals surface area contributed by atoms with Gasteiger partial charge < -0.3 is 15.1 Å². The van der Waals surface area contributed by atoms with Gasteiger partial charge in [0.15, 0.2) is 0 Å². The number of para-hydroxylation sites is 1. The second-order valence-electron chi connectivity index (χ2n) is 4.69. The zero-order chi connectivity index (χ0) is 15.4. The van der Waals surface area contributed by atoms with Gasteiger partial charge in [-0.25, -0.2) is 4.39 Å². The molecule has 0 aliphatic carbocycles. The number of hydrogen-bond donors (Lipinski definition) is 1. The van der Waals surface area contributed by atoms with Gasteiger partial charge in [0, 0.05) is 27.7 Å². The van der Waals surface area contributed by atoms with Crippen LogP contribution in [0.1, 0.15) is 6.92 Å². The van der Waals surface area contributed by atoms with Crippen molar-refractivity contribution in [2.45, 2.75) is 6.92 Å². The van der Waals surface area contributed by atoms with E-state index in [1.165, 1.54) is 6.07 Å². The summed E-state index contributed by atoms with van der Waals surface area (Å²) in [5.74, 6) is 1.04. The van der Waals surface area contributed by atoms with Crippen molar-refractivity contribution in [1.82, 2.24) is 15.0 Å².